The van der Waals surface area contributed by atoms with E-state index in [4.69, 9.17) is 0 Å². The van der Waals surface area contributed by atoms with E-state index < -0.39 is 35.1 Å². The first kappa shape index (κ1) is 22.8. The zero-order valence-electron chi connectivity index (χ0n) is 17.0. The number of phenolic OH excluding ortho intramolecular Hbond substituents is 1. The quantitative estimate of drug-likeness (QED) is 0.443. The lowest BCUT2D eigenvalue weighted by Gasteiger charge is -2.16. The first-order valence-electron chi connectivity index (χ1n) is 9.36. The third-order valence-corrected chi connectivity index (χ3v) is 4.57. The van der Waals surface area contributed by atoms with Crippen LogP contribution in [0.1, 0.15) is 19.4 Å². The van der Waals surface area contributed by atoms with Gasteiger partial charge in [-0.05, 0) is 35.4 Å². The Balaban J connectivity index is 2.08. The molecule has 3 N–H and O–H groups in total. The summed E-state index contributed by atoms with van der Waals surface area (Å²) in [5.41, 5.74) is -0.909. The van der Waals surface area contributed by atoms with Crippen LogP contribution in [0.25, 0.3) is 22.3 Å². The Labute approximate surface area is 180 Å². The zero-order valence-corrected chi connectivity index (χ0v) is 17.0. The average Bonchev–Trinajstić information content (AvgIpc) is 2.69. The van der Waals surface area contributed by atoms with E-state index in [9.17, 15) is 32.3 Å². The van der Waals surface area contributed by atoms with Gasteiger partial charge in [-0.25, -0.2) is 4.39 Å². The molecule has 0 heterocycles. The lowest BCUT2D eigenvalue weighted by atomic mass is 9.95. The van der Waals surface area contributed by atoms with Crippen LogP contribution in [0, 0.1) is 5.82 Å². The van der Waals surface area contributed by atoms with E-state index in [0.717, 1.165) is 25.1 Å². The third kappa shape index (κ3) is 4.88. The van der Waals surface area contributed by atoms with Crippen LogP contribution >= 0.6 is 0 Å². The minimum Gasteiger partial charge on any atom is -0.507 e. The summed E-state index contributed by atoms with van der Waals surface area (Å²) in [5, 5.41) is 15.2. The number of carbonyl (C=O) groups is 2. The van der Waals surface area contributed by atoms with Crippen LogP contribution in [-0.2, 0) is 15.8 Å². The van der Waals surface area contributed by atoms with E-state index >= 15 is 0 Å². The van der Waals surface area contributed by atoms with Crippen molar-refractivity contribution < 1.29 is 32.3 Å². The number of hydrogen-bond acceptors (Lipinski definition) is 3. The fourth-order valence-electron chi connectivity index (χ4n) is 3.23. The van der Waals surface area contributed by atoms with E-state index in [0.29, 0.717) is 0 Å². The maximum absolute atomic E-state index is 14.3. The molecule has 0 aliphatic carbocycles. The molecular weight excluding hydrogens is 428 g/mol. The number of alkyl halides is 3. The van der Waals surface area contributed by atoms with Gasteiger partial charge in [0.25, 0.3) is 0 Å². The minimum atomic E-state index is -4.75. The third-order valence-electron chi connectivity index (χ3n) is 4.57. The van der Waals surface area contributed by atoms with Gasteiger partial charge < -0.3 is 15.7 Å². The summed E-state index contributed by atoms with van der Waals surface area (Å²) in [6.45, 7) is 2.33. The van der Waals surface area contributed by atoms with Crippen molar-refractivity contribution in [1.82, 2.24) is 0 Å². The molecule has 5 nitrogen and oxygen atoms in total. The summed E-state index contributed by atoms with van der Waals surface area (Å²) >= 11 is 0. The number of carbonyl (C=O) groups excluding carboxylic acids is 2. The number of hydrogen-bond donors (Lipinski definition) is 3. The molecular formula is C23H18F4N2O3. The molecule has 0 aromatic heterocycles. The molecule has 3 rings (SSSR count). The van der Waals surface area contributed by atoms with E-state index in [-0.39, 0.29) is 33.7 Å². The minimum absolute atomic E-state index is 0.0414. The molecule has 9 heteroatoms. The molecule has 0 spiro atoms. The largest absolute Gasteiger partial charge is 0.507 e. The average molecular weight is 446 g/mol. The van der Waals surface area contributed by atoms with Gasteiger partial charge in [0, 0.05) is 25.0 Å². The molecule has 0 aliphatic heterocycles. The normalized spacial score (nSPS) is 11.2. The van der Waals surface area contributed by atoms with Crippen molar-refractivity contribution in [1.29, 1.82) is 0 Å². The number of anilines is 2. The maximum Gasteiger partial charge on any atom is 0.418 e. The Morgan fingerprint density at radius 2 is 1.31 bits per heavy atom. The summed E-state index contributed by atoms with van der Waals surface area (Å²) in [6, 6.07) is 11.6. The number of para-hydroxylation sites is 1. The molecule has 0 aliphatic rings. The molecule has 0 fully saturated rings. The van der Waals surface area contributed by atoms with Gasteiger partial charge in [0.2, 0.25) is 11.8 Å². The molecule has 0 saturated heterocycles. The molecule has 32 heavy (non-hydrogen) atoms. The van der Waals surface area contributed by atoms with Crippen LogP contribution in [0.3, 0.4) is 0 Å². The smallest absolute Gasteiger partial charge is 0.418 e. The number of nitrogens with one attached hydrogen (secondary N) is 2. The standard InChI is InChI=1S/C23H18F4N2O3/c1-12(30)28-20-8-6-14(10-18(20)23(25,26)27)16-4-3-5-17(22(16)32)15-7-9-21(19(24)11-15)29-13(2)31/h3-11,32H,1-2H3,(H,28,30)(H,29,31). The van der Waals surface area contributed by atoms with Crippen LogP contribution in [0.5, 0.6) is 5.75 Å². The Morgan fingerprint density at radius 3 is 1.81 bits per heavy atom. The molecule has 2 amide bonds. The Hall–Kier alpha value is -3.88. The number of rotatable bonds is 4. The first-order chi connectivity index (χ1) is 15.0. The summed E-state index contributed by atoms with van der Waals surface area (Å²) in [5.74, 6) is -2.19. The molecule has 3 aromatic carbocycles. The Kier molecular flexibility index (Phi) is 6.20. The number of amides is 2. The van der Waals surface area contributed by atoms with Crippen molar-refractivity contribution in [3.8, 4) is 28.0 Å². The van der Waals surface area contributed by atoms with Gasteiger partial charge in [-0.3, -0.25) is 9.59 Å². The summed E-state index contributed by atoms with van der Waals surface area (Å²) in [7, 11) is 0. The second kappa shape index (κ2) is 8.70. The van der Waals surface area contributed by atoms with Gasteiger partial charge in [-0.2, -0.15) is 13.2 Å². The molecule has 0 bridgehead atoms. The van der Waals surface area contributed by atoms with Crippen LogP contribution in [0.2, 0.25) is 0 Å². The van der Waals surface area contributed by atoms with E-state index in [1.807, 2.05) is 0 Å². The van der Waals surface area contributed by atoms with Crippen molar-refractivity contribution in [3.63, 3.8) is 0 Å². The molecule has 0 saturated carbocycles. The maximum atomic E-state index is 14.3. The van der Waals surface area contributed by atoms with E-state index in [1.54, 1.807) is 0 Å². The fraction of sp³-hybridized carbons (Fsp3) is 0.130. The highest BCUT2D eigenvalue weighted by Gasteiger charge is 2.34. The van der Waals surface area contributed by atoms with E-state index in [1.165, 1.54) is 43.3 Å². The van der Waals surface area contributed by atoms with Gasteiger partial charge in [0.15, 0.2) is 0 Å². The van der Waals surface area contributed by atoms with Crippen molar-refractivity contribution in [2.24, 2.45) is 0 Å². The molecule has 3 aromatic rings. The first-order valence-corrected chi connectivity index (χ1v) is 9.36. The van der Waals surface area contributed by atoms with Crippen LogP contribution in [0.4, 0.5) is 28.9 Å². The summed E-state index contributed by atoms with van der Waals surface area (Å²) in [4.78, 5) is 22.4. The second-order valence-electron chi connectivity index (χ2n) is 7.02. The topological polar surface area (TPSA) is 78.4 Å². The van der Waals surface area contributed by atoms with Gasteiger partial charge in [0.05, 0.1) is 16.9 Å². The highest BCUT2D eigenvalue weighted by atomic mass is 19.4. The van der Waals surface area contributed by atoms with Crippen LogP contribution < -0.4 is 10.6 Å². The second-order valence-corrected chi connectivity index (χ2v) is 7.02. The number of halogens is 4. The van der Waals surface area contributed by atoms with E-state index in [2.05, 4.69) is 10.6 Å². The van der Waals surface area contributed by atoms with Gasteiger partial charge in [-0.1, -0.05) is 30.3 Å². The van der Waals surface area contributed by atoms with Crippen molar-refractivity contribution in [3.05, 3.63) is 66.0 Å². The predicted molar refractivity (Wildman–Crippen MR) is 113 cm³/mol. The lowest BCUT2D eigenvalue weighted by molar-refractivity contribution is -0.137. The van der Waals surface area contributed by atoms with Gasteiger partial charge >= 0.3 is 6.18 Å². The predicted octanol–water partition coefficient (Wildman–Crippen LogP) is 5.80. The fourth-order valence-corrected chi connectivity index (χ4v) is 3.23. The monoisotopic (exact) mass is 446 g/mol. The van der Waals surface area contributed by atoms with Crippen LogP contribution in [0.15, 0.2) is 54.6 Å². The molecule has 166 valence electrons. The van der Waals surface area contributed by atoms with Crippen LogP contribution in [-0.4, -0.2) is 16.9 Å². The number of aromatic hydroxyl groups is 1. The van der Waals surface area contributed by atoms with Crippen molar-refractivity contribution in [2.45, 2.75) is 20.0 Å². The summed E-state index contributed by atoms with van der Waals surface area (Å²) in [6.07, 6.45) is -4.75. The van der Waals surface area contributed by atoms with Gasteiger partial charge in [-0.15, -0.1) is 0 Å². The molecule has 0 unspecified atom stereocenters. The highest BCUT2D eigenvalue weighted by molar-refractivity contribution is 5.91. The summed E-state index contributed by atoms with van der Waals surface area (Å²) < 4.78 is 54.9. The Bertz CT molecular complexity index is 1210. The molecule has 0 atom stereocenters. The number of benzene rings is 3. The molecule has 0 radical (unpaired) electrons. The number of phenols is 1. The van der Waals surface area contributed by atoms with Crippen molar-refractivity contribution in [2.75, 3.05) is 10.6 Å². The zero-order chi connectivity index (χ0) is 23.6. The SMILES string of the molecule is CC(=O)Nc1ccc(-c2cccc(-c3ccc(NC(C)=O)c(C(F)(F)F)c3)c2O)cc1F. The Morgan fingerprint density at radius 1 is 0.812 bits per heavy atom. The van der Waals surface area contributed by atoms with Gasteiger partial charge in [0.1, 0.15) is 11.6 Å². The van der Waals surface area contributed by atoms with Crippen molar-refractivity contribution >= 4 is 23.2 Å². The lowest BCUT2D eigenvalue weighted by Crippen LogP contribution is -2.14. The highest BCUT2D eigenvalue weighted by Crippen LogP contribution is 2.42.